The van der Waals surface area contributed by atoms with Gasteiger partial charge < -0.3 is 13.3 Å². The van der Waals surface area contributed by atoms with Crippen LogP contribution in [0.2, 0.25) is 0 Å². The molecule has 0 amide bonds. The van der Waals surface area contributed by atoms with Crippen molar-refractivity contribution in [1.82, 2.24) is 9.97 Å². The van der Waals surface area contributed by atoms with Gasteiger partial charge in [-0.3, -0.25) is 0 Å². The monoisotopic (exact) mass is 676 g/mol. The summed E-state index contributed by atoms with van der Waals surface area (Å²) in [5.41, 5.74) is -4.64. The molecular formula is C46H26N2O3. The molecule has 4 heterocycles. The number of aromatic nitrogens is 2. The van der Waals surface area contributed by atoms with Crippen molar-refractivity contribution in [3.8, 4) is 44.6 Å². The third-order valence-corrected chi connectivity index (χ3v) is 8.40. The molecule has 0 fully saturated rings. The maximum absolute atomic E-state index is 9.58. The van der Waals surface area contributed by atoms with E-state index in [4.69, 9.17) is 40.7 Å². The fourth-order valence-electron chi connectivity index (χ4n) is 6.13. The Morgan fingerprint density at radius 1 is 0.412 bits per heavy atom. The molecule has 0 spiro atoms. The van der Waals surface area contributed by atoms with E-state index in [2.05, 4.69) is 9.97 Å². The maximum Gasteiger partial charge on any atom is 0.180 e. The molecule has 51 heavy (non-hydrogen) atoms. The lowest BCUT2D eigenvalue weighted by molar-refractivity contribution is 0.666. The molecule has 0 radical (unpaired) electrons. The molecule has 0 bridgehead atoms. The van der Waals surface area contributed by atoms with Gasteiger partial charge in [-0.15, -0.1) is 0 Å². The summed E-state index contributed by atoms with van der Waals surface area (Å²) in [5, 5.41) is -0.731. The second-order valence-electron chi connectivity index (χ2n) is 11.2. The van der Waals surface area contributed by atoms with Crippen LogP contribution in [0, 0.1) is 0 Å². The van der Waals surface area contributed by atoms with Crippen molar-refractivity contribution in [2.45, 2.75) is 0 Å². The molecule has 0 aliphatic carbocycles. The zero-order valence-corrected chi connectivity index (χ0v) is 25.4. The molecule has 5 heteroatoms. The van der Waals surface area contributed by atoms with Crippen molar-refractivity contribution in [3.63, 3.8) is 0 Å². The third kappa shape index (κ3) is 4.28. The number of rotatable bonds is 4. The average molecular weight is 677 g/mol. The van der Waals surface area contributed by atoms with E-state index < -0.39 is 172 Å². The summed E-state index contributed by atoms with van der Waals surface area (Å²) in [4.78, 5) is 8.72. The van der Waals surface area contributed by atoms with Crippen LogP contribution in [0.5, 0.6) is 0 Å². The van der Waals surface area contributed by atoms with Gasteiger partial charge in [-0.25, -0.2) is 9.97 Å². The summed E-state index contributed by atoms with van der Waals surface area (Å²) in [6.45, 7) is 0. The van der Waals surface area contributed by atoms with Gasteiger partial charge in [-0.1, -0.05) is 115 Å². The van der Waals surface area contributed by atoms with E-state index >= 15 is 0 Å². The molecule has 238 valence electrons. The number of benzene rings is 7. The number of furan rings is 3. The minimum Gasteiger partial charge on any atom is -0.455 e. The van der Waals surface area contributed by atoms with Gasteiger partial charge in [0.2, 0.25) is 0 Å². The standard InChI is InChI=1S/C46H26N2O3/c1-3-19-39-34(13-1)36-17-7-15-32(44(36)49-39)29-11-5-9-27(23-29)28-10-6-12-31(24-28)42-46-43(48-26-47-42)38-25-30(21-22-41(38)51-46)33-16-8-18-37-35-14-2-4-20-40(35)50-45(33)37/h1-26H/i1D,2D,3D,4D,5D,6D,7D,8D,9D,10D,11D,12D,13D,14D,15D,16D,17D,18D,19D,20D,23D,24D. The van der Waals surface area contributed by atoms with E-state index in [9.17, 15) is 2.74 Å². The van der Waals surface area contributed by atoms with Gasteiger partial charge in [0.05, 0.1) is 30.2 Å². The molecule has 5 nitrogen and oxygen atoms in total. The van der Waals surface area contributed by atoms with E-state index in [1.165, 1.54) is 18.2 Å². The van der Waals surface area contributed by atoms with Crippen LogP contribution in [0.15, 0.2) is 171 Å². The van der Waals surface area contributed by atoms with E-state index in [0.29, 0.717) is 0 Å². The Kier molecular flexibility index (Phi) is 2.97. The quantitative estimate of drug-likeness (QED) is 0.186. The zero-order chi connectivity index (χ0) is 52.6. The Bertz CT molecular complexity index is 4430. The molecule has 0 saturated carbocycles. The fraction of sp³-hybridized carbons (Fsp3) is 0. The van der Waals surface area contributed by atoms with Gasteiger partial charge in [-0.05, 0) is 58.6 Å². The van der Waals surface area contributed by atoms with E-state index in [-0.39, 0.29) is 71.6 Å². The van der Waals surface area contributed by atoms with Crippen molar-refractivity contribution in [2.24, 2.45) is 0 Å². The Morgan fingerprint density at radius 3 is 1.67 bits per heavy atom. The van der Waals surface area contributed by atoms with Gasteiger partial charge in [-0.2, -0.15) is 0 Å². The molecule has 0 aliphatic rings. The molecule has 11 rings (SSSR count). The van der Waals surface area contributed by atoms with Gasteiger partial charge in [0.25, 0.3) is 0 Å². The first-order valence-electron chi connectivity index (χ1n) is 26.2. The smallest absolute Gasteiger partial charge is 0.180 e. The van der Waals surface area contributed by atoms with Crippen LogP contribution < -0.4 is 0 Å². The number of hydrogen-bond donors (Lipinski definition) is 0. The fourth-order valence-corrected chi connectivity index (χ4v) is 6.13. The second-order valence-corrected chi connectivity index (χ2v) is 11.2. The molecule has 4 aromatic heterocycles. The van der Waals surface area contributed by atoms with Crippen LogP contribution in [-0.2, 0) is 0 Å². The summed E-state index contributed by atoms with van der Waals surface area (Å²) in [7, 11) is 0. The summed E-state index contributed by atoms with van der Waals surface area (Å²) in [6.07, 6.45) is 1.05. The molecule has 11 aromatic rings. The minimum absolute atomic E-state index is 0.0409. The topological polar surface area (TPSA) is 65.2 Å². The van der Waals surface area contributed by atoms with Crippen molar-refractivity contribution in [3.05, 3.63) is 157 Å². The molecular weight excluding hydrogens is 629 g/mol. The first-order valence-corrected chi connectivity index (χ1v) is 15.2. The lowest BCUT2D eigenvalue weighted by Crippen LogP contribution is -1.88. The predicted octanol–water partition coefficient (Wildman–Crippen LogP) is 12.8. The Labute approximate surface area is 321 Å². The number of fused-ring (bicyclic) bond motifs is 9. The Balaban J connectivity index is 1.15. The van der Waals surface area contributed by atoms with Crippen LogP contribution in [-0.4, -0.2) is 9.97 Å². The predicted molar refractivity (Wildman–Crippen MR) is 206 cm³/mol. The van der Waals surface area contributed by atoms with E-state index in [1.54, 1.807) is 0 Å². The van der Waals surface area contributed by atoms with E-state index in [1.807, 2.05) is 0 Å². The van der Waals surface area contributed by atoms with Crippen molar-refractivity contribution in [1.29, 1.82) is 0 Å². The summed E-state index contributed by atoms with van der Waals surface area (Å²) in [5.74, 6) is 0. The highest BCUT2D eigenvalue weighted by atomic mass is 16.3. The third-order valence-electron chi connectivity index (χ3n) is 8.40. The zero-order valence-electron chi connectivity index (χ0n) is 47.4. The molecule has 7 aromatic carbocycles. The van der Waals surface area contributed by atoms with Crippen molar-refractivity contribution in [2.75, 3.05) is 0 Å². The first kappa shape index (κ1) is 14.1. The highest BCUT2D eigenvalue weighted by molar-refractivity contribution is 6.12. The lowest BCUT2D eigenvalue weighted by Gasteiger charge is -2.09. The van der Waals surface area contributed by atoms with Crippen LogP contribution in [0.3, 0.4) is 0 Å². The summed E-state index contributed by atoms with van der Waals surface area (Å²) >= 11 is 0. The maximum atomic E-state index is 9.58. The van der Waals surface area contributed by atoms with Gasteiger partial charge in [0.1, 0.15) is 45.5 Å². The first-order chi connectivity index (χ1) is 34.4. The summed E-state index contributed by atoms with van der Waals surface area (Å²) < 4.78 is 211. The molecule has 0 N–H and O–H groups in total. The normalized spacial score (nSPS) is 18.0. The van der Waals surface area contributed by atoms with Crippen LogP contribution in [0.25, 0.3) is 111 Å². The Hall–Kier alpha value is -6.98. The molecule has 0 atom stereocenters. The van der Waals surface area contributed by atoms with Crippen molar-refractivity contribution >= 4 is 65.9 Å². The van der Waals surface area contributed by atoms with Crippen LogP contribution in [0.1, 0.15) is 30.2 Å². The van der Waals surface area contributed by atoms with Gasteiger partial charge in [0.15, 0.2) is 5.58 Å². The second kappa shape index (κ2) is 10.8. The van der Waals surface area contributed by atoms with Crippen LogP contribution >= 0.6 is 0 Å². The number of hydrogen-bond acceptors (Lipinski definition) is 5. The lowest BCUT2D eigenvalue weighted by atomic mass is 9.96. The largest absolute Gasteiger partial charge is 0.455 e. The van der Waals surface area contributed by atoms with Crippen LogP contribution in [0.4, 0.5) is 0 Å². The average Bonchev–Trinajstić information content (AvgIpc) is 4.08. The highest BCUT2D eigenvalue weighted by Crippen LogP contribution is 2.41. The van der Waals surface area contributed by atoms with Gasteiger partial charge >= 0.3 is 0 Å². The van der Waals surface area contributed by atoms with Crippen molar-refractivity contribution < 1.29 is 43.4 Å². The van der Waals surface area contributed by atoms with E-state index in [0.717, 1.165) is 6.33 Å². The molecule has 0 unspecified atom stereocenters. The van der Waals surface area contributed by atoms with Gasteiger partial charge in [0, 0.05) is 43.6 Å². The number of nitrogens with zero attached hydrogens (tertiary/aromatic N) is 2. The minimum atomic E-state index is -0.914. The SMILES string of the molecule is [2H]c1c([2H])c(-c2c([2H])c([2H])c([2H])c(-c3c([2H])c([2H])c([2H])c4c3oc3c([2H])c([2H])c([2H])c([2H])c34)c2[2H])c([2H])c(-c2ncnc3c2oc2ccc(-c4c([2H])c([2H])c([2H])c5c4oc4c([2H])c([2H])c([2H])c([2H])c45)cc23)c1[2H]. The summed E-state index contributed by atoms with van der Waals surface area (Å²) in [6, 6.07) is -11.1. The Morgan fingerprint density at radius 2 is 0.961 bits per heavy atom. The molecule has 0 aliphatic heterocycles. The number of para-hydroxylation sites is 4. The molecule has 0 saturated heterocycles. The highest BCUT2D eigenvalue weighted by Gasteiger charge is 2.18.